The second kappa shape index (κ2) is 4.75. The number of nitrogens with zero attached hydrogens (tertiary/aromatic N) is 1. The zero-order chi connectivity index (χ0) is 11.4. The summed E-state index contributed by atoms with van der Waals surface area (Å²) in [4.78, 5) is 4.65. The Morgan fingerprint density at radius 1 is 1.06 bits per heavy atom. The van der Waals surface area contributed by atoms with Gasteiger partial charge in [0.05, 0.1) is 11.2 Å². The molecule has 0 atom stereocenters. The minimum absolute atomic E-state index is 1.03. The van der Waals surface area contributed by atoms with Crippen molar-refractivity contribution in [2.75, 3.05) is 0 Å². The van der Waals surface area contributed by atoms with Crippen molar-refractivity contribution < 1.29 is 0 Å². The van der Waals surface area contributed by atoms with Crippen LogP contribution in [0.3, 0.4) is 0 Å². The second-order valence-corrected chi connectivity index (χ2v) is 3.63. The van der Waals surface area contributed by atoms with Crippen LogP contribution < -0.4 is 0 Å². The molecule has 1 heteroatoms. The summed E-state index contributed by atoms with van der Waals surface area (Å²) in [6, 6.07) is 12.4. The Hall–Kier alpha value is -1.89. The fraction of sp³-hybridized carbons (Fsp3) is 0.133. The van der Waals surface area contributed by atoms with Crippen molar-refractivity contribution in [1.82, 2.24) is 4.98 Å². The first kappa shape index (κ1) is 10.6. The molecule has 0 N–H and O–H groups in total. The number of benzene rings is 1. The maximum Gasteiger partial charge on any atom is 0.0709 e. The summed E-state index contributed by atoms with van der Waals surface area (Å²) in [5, 5.41) is 1.18. The average Bonchev–Trinajstić information content (AvgIpc) is 2.35. The maximum absolute atomic E-state index is 4.65. The van der Waals surface area contributed by atoms with Crippen molar-refractivity contribution in [1.29, 1.82) is 0 Å². The van der Waals surface area contributed by atoms with E-state index < -0.39 is 0 Å². The van der Waals surface area contributed by atoms with Crippen LogP contribution in [0.5, 0.6) is 0 Å². The van der Waals surface area contributed by atoms with E-state index >= 15 is 0 Å². The number of para-hydroxylation sites is 1. The van der Waals surface area contributed by atoms with Crippen LogP contribution in [0, 0.1) is 0 Å². The van der Waals surface area contributed by atoms with Gasteiger partial charge in [0.25, 0.3) is 0 Å². The van der Waals surface area contributed by atoms with Crippen molar-refractivity contribution in [2.45, 2.75) is 13.8 Å². The number of rotatable bonds is 2. The van der Waals surface area contributed by atoms with E-state index in [0.29, 0.717) is 0 Å². The van der Waals surface area contributed by atoms with Crippen LogP contribution in [0.2, 0.25) is 0 Å². The van der Waals surface area contributed by atoms with Gasteiger partial charge in [-0.15, -0.1) is 0 Å². The number of allylic oxidation sites excluding steroid dienone is 4. The standard InChI is InChI=1S/C15H15N/c1-3-7-12(4-2)15-11-10-13-8-5-6-9-14(13)16-15/h3-11H,1-2H3/b7-3-,12-4+. The highest BCUT2D eigenvalue weighted by molar-refractivity contribution is 5.82. The van der Waals surface area contributed by atoms with Gasteiger partial charge in [-0.3, -0.25) is 0 Å². The predicted octanol–water partition coefficient (Wildman–Crippen LogP) is 4.21. The second-order valence-electron chi connectivity index (χ2n) is 3.63. The molecule has 0 aliphatic carbocycles. The summed E-state index contributed by atoms with van der Waals surface area (Å²) in [5.74, 6) is 0. The van der Waals surface area contributed by atoms with Crippen molar-refractivity contribution in [3.63, 3.8) is 0 Å². The predicted molar refractivity (Wildman–Crippen MR) is 70.2 cm³/mol. The Balaban J connectivity index is 2.54. The summed E-state index contributed by atoms with van der Waals surface area (Å²) in [6.07, 6.45) is 6.19. The fourth-order valence-corrected chi connectivity index (χ4v) is 1.74. The molecule has 2 rings (SSSR count). The molecule has 0 unspecified atom stereocenters. The van der Waals surface area contributed by atoms with Gasteiger partial charge in [-0.05, 0) is 31.6 Å². The molecule has 0 spiro atoms. The minimum Gasteiger partial charge on any atom is -0.248 e. The van der Waals surface area contributed by atoms with Gasteiger partial charge in [-0.1, -0.05) is 42.5 Å². The Morgan fingerprint density at radius 3 is 2.62 bits per heavy atom. The summed E-state index contributed by atoms with van der Waals surface area (Å²) in [7, 11) is 0. The Morgan fingerprint density at radius 2 is 1.88 bits per heavy atom. The quantitative estimate of drug-likeness (QED) is 0.675. The van der Waals surface area contributed by atoms with Gasteiger partial charge in [0.15, 0.2) is 0 Å². The van der Waals surface area contributed by atoms with Crippen LogP contribution in [0.15, 0.2) is 54.6 Å². The van der Waals surface area contributed by atoms with E-state index in [4.69, 9.17) is 0 Å². The van der Waals surface area contributed by atoms with Crippen LogP contribution in [0.25, 0.3) is 16.5 Å². The first-order chi connectivity index (χ1) is 7.85. The molecule has 1 heterocycles. The molecule has 16 heavy (non-hydrogen) atoms. The first-order valence-electron chi connectivity index (χ1n) is 5.50. The summed E-state index contributed by atoms with van der Waals surface area (Å²) in [5.41, 5.74) is 3.23. The van der Waals surface area contributed by atoms with E-state index in [1.807, 2.05) is 38.1 Å². The average molecular weight is 209 g/mol. The highest BCUT2D eigenvalue weighted by Gasteiger charge is 2.00. The number of pyridine rings is 1. The zero-order valence-electron chi connectivity index (χ0n) is 9.64. The molecular weight excluding hydrogens is 194 g/mol. The lowest BCUT2D eigenvalue weighted by Gasteiger charge is -2.03. The Bertz CT molecular complexity index is 550. The largest absolute Gasteiger partial charge is 0.248 e. The summed E-state index contributed by atoms with van der Waals surface area (Å²) in [6.45, 7) is 4.05. The van der Waals surface area contributed by atoms with Gasteiger partial charge in [-0.25, -0.2) is 4.98 Å². The monoisotopic (exact) mass is 209 g/mol. The Labute approximate surface area is 96.1 Å². The normalized spacial score (nSPS) is 12.5. The highest BCUT2D eigenvalue weighted by Crippen LogP contribution is 2.18. The molecule has 0 radical (unpaired) electrons. The Kier molecular flexibility index (Phi) is 3.16. The molecule has 80 valence electrons. The van der Waals surface area contributed by atoms with Crippen molar-refractivity contribution in [3.8, 4) is 0 Å². The van der Waals surface area contributed by atoms with Gasteiger partial charge >= 0.3 is 0 Å². The molecule has 0 aliphatic rings. The molecule has 0 bridgehead atoms. The van der Waals surface area contributed by atoms with E-state index in [-0.39, 0.29) is 0 Å². The van der Waals surface area contributed by atoms with Crippen LogP contribution in [0.4, 0.5) is 0 Å². The van der Waals surface area contributed by atoms with Crippen LogP contribution in [-0.4, -0.2) is 4.98 Å². The number of fused-ring (bicyclic) bond motifs is 1. The van der Waals surface area contributed by atoms with Crippen molar-refractivity contribution in [3.05, 3.63) is 60.3 Å². The topological polar surface area (TPSA) is 12.9 Å². The van der Waals surface area contributed by atoms with Crippen LogP contribution >= 0.6 is 0 Å². The van der Waals surface area contributed by atoms with Crippen molar-refractivity contribution >= 4 is 16.5 Å². The van der Waals surface area contributed by atoms with Crippen LogP contribution in [-0.2, 0) is 0 Å². The number of hydrogen-bond donors (Lipinski definition) is 0. The van der Waals surface area contributed by atoms with E-state index in [1.165, 1.54) is 5.39 Å². The van der Waals surface area contributed by atoms with Gasteiger partial charge in [0.1, 0.15) is 0 Å². The van der Waals surface area contributed by atoms with E-state index in [0.717, 1.165) is 16.8 Å². The molecule has 1 aromatic heterocycles. The van der Waals surface area contributed by atoms with E-state index in [9.17, 15) is 0 Å². The summed E-state index contributed by atoms with van der Waals surface area (Å²) >= 11 is 0. The fourth-order valence-electron chi connectivity index (χ4n) is 1.74. The maximum atomic E-state index is 4.65. The van der Waals surface area contributed by atoms with Crippen LogP contribution in [0.1, 0.15) is 19.5 Å². The van der Waals surface area contributed by atoms with Gasteiger partial charge in [-0.2, -0.15) is 0 Å². The smallest absolute Gasteiger partial charge is 0.0709 e. The lowest BCUT2D eigenvalue weighted by atomic mass is 10.1. The van der Waals surface area contributed by atoms with Crippen molar-refractivity contribution in [2.24, 2.45) is 0 Å². The SMILES string of the molecule is C/C=C\C(=C/C)c1ccc2ccccc2n1. The minimum atomic E-state index is 1.03. The highest BCUT2D eigenvalue weighted by atomic mass is 14.7. The third kappa shape index (κ3) is 2.03. The number of aromatic nitrogens is 1. The molecular formula is C15H15N. The first-order valence-corrected chi connectivity index (χ1v) is 5.50. The molecule has 0 saturated heterocycles. The lowest BCUT2D eigenvalue weighted by Crippen LogP contribution is -1.87. The van der Waals surface area contributed by atoms with E-state index in [1.54, 1.807) is 0 Å². The molecule has 0 amide bonds. The van der Waals surface area contributed by atoms with Gasteiger partial charge < -0.3 is 0 Å². The molecule has 0 fully saturated rings. The van der Waals surface area contributed by atoms with Gasteiger partial charge in [0, 0.05) is 5.39 Å². The van der Waals surface area contributed by atoms with Gasteiger partial charge in [0.2, 0.25) is 0 Å². The zero-order valence-corrected chi connectivity index (χ0v) is 9.64. The molecule has 2 aromatic rings. The molecule has 0 saturated carbocycles. The molecule has 0 aliphatic heterocycles. The van der Waals surface area contributed by atoms with E-state index in [2.05, 4.69) is 35.3 Å². The molecule has 1 nitrogen and oxygen atoms in total. The number of hydrogen-bond acceptors (Lipinski definition) is 1. The summed E-state index contributed by atoms with van der Waals surface area (Å²) < 4.78 is 0. The third-order valence-corrected chi connectivity index (χ3v) is 2.55. The molecule has 1 aromatic carbocycles. The third-order valence-electron chi connectivity index (χ3n) is 2.55. The lowest BCUT2D eigenvalue weighted by molar-refractivity contribution is 1.35.